The summed E-state index contributed by atoms with van der Waals surface area (Å²) in [7, 11) is 0. The van der Waals surface area contributed by atoms with Crippen LogP contribution in [0, 0.1) is 20.8 Å². The number of pyridine rings is 2. The third kappa shape index (κ3) is 2.96. The number of nitrogen functional groups attached to an aromatic ring is 1. The molecule has 20 heavy (non-hydrogen) atoms. The standard InChI is InChI=1S/C16H22N4/c1-5-18-15(13-7-11(3)9-20-16(13)17)14-12(4)6-10(2)8-19-14/h6-9,15,18H,5H2,1-4H3,(H2,17,20). The van der Waals surface area contributed by atoms with Gasteiger partial charge in [-0.1, -0.05) is 13.0 Å². The molecule has 0 aliphatic heterocycles. The summed E-state index contributed by atoms with van der Waals surface area (Å²) in [6.45, 7) is 9.07. The summed E-state index contributed by atoms with van der Waals surface area (Å²) in [5.74, 6) is 0.559. The molecule has 2 aromatic heterocycles. The Labute approximate surface area is 120 Å². The van der Waals surface area contributed by atoms with Crippen molar-refractivity contribution in [3.8, 4) is 0 Å². The highest BCUT2D eigenvalue weighted by Gasteiger charge is 2.20. The van der Waals surface area contributed by atoms with Crippen LogP contribution in [0.3, 0.4) is 0 Å². The van der Waals surface area contributed by atoms with Crippen LogP contribution in [-0.4, -0.2) is 16.5 Å². The van der Waals surface area contributed by atoms with Gasteiger partial charge in [0.2, 0.25) is 0 Å². The lowest BCUT2D eigenvalue weighted by atomic mass is 9.98. The van der Waals surface area contributed by atoms with Gasteiger partial charge in [-0.05, 0) is 50.1 Å². The lowest BCUT2D eigenvalue weighted by molar-refractivity contribution is 0.611. The second-order valence-electron chi connectivity index (χ2n) is 5.19. The fourth-order valence-corrected chi connectivity index (χ4v) is 2.42. The molecule has 0 fully saturated rings. The van der Waals surface area contributed by atoms with Crippen molar-refractivity contribution >= 4 is 5.82 Å². The molecule has 0 spiro atoms. The molecule has 0 amide bonds. The Morgan fingerprint density at radius 2 is 1.75 bits per heavy atom. The largest absolute Gasteiger partial charge is 0.383 e. The third-order valence-electron chi connectivity index (χ3n) is 3.33. The predicted octanol–water partition coefficient (Wildman–Crippen LogP) is 2.68. The average molecular weight is 270 g/mol. The molecule has 1 atom stereocenters. The Hall–Kier alpha value is -1.94. The smallest absolute Gasteiger partial charge is 0.128 e. The number of rotatable bonds is 4. The van der Waals surface area contributed by atoms with E-state index in [4.69, 9.17) is 5.73 Å². The van der Waals surface area contributed by atoms with Crippen molar-refractivity contribution in [1.29, 1.82) is 0 Å². The van der Waals surface area contributed by atoms with Gasteiger partial charge in [-0.3, -0.25) is 4.98 Å². The monoisotopic (exact) mass is 270 g/mol. The molecule has 1 unspecified atom stereocenters. The van der Waals surface area contributed by atoms with E-state index in [1.807, 2.05) is 13.1 Å². The molecule has 0 saturated heterocycles. The Kier molecular flexibility index (Phi) is 4.35. The van der Waals surface area contributed by atoms with E-state index in [-0.39, 0.29) is 6.04 Å². The predicted molar refractivity (Wildman–Crippen MR) is 82.6 cm³/mol. The van der Waals surface area contributed by atoms with Crippen LogP contribution in [0.1, 0.15) is 40.9 Å². The van der Waals surface area contributed by atoms with Crippen molar-refractivity contribution in [2.45, 2.75) is 33.7 Å². The maximum absolute atomic E-state index is 6.06. The van der Waals surface area contributed by atoms with Gasteiger partial charge < -0.3 is 11.1 Å². The summed E-state index contributed by atoms with van der Waals surface area (Å²) in [5.41, 5.74) is 11.5. The zero-order valence-electron chi connectivity index (χ0n) is 12.6. The van der Waals surface area contributed by atoms with Gasteiger partial charge in [0, 0.05) is 18.0 Å². The number of hydrogen-bond donors (Lipinski definition) is 2. The van der Waals surface area contributed by atoms with Crippen molar-refractivity contribution in [1.82, 2.24) is 15.3 Å². The summed E-state index contributed by atoms with van der Waals surface area (Å²) in [5, 5.41) is 3.46. The van der Waals surface area contributed by atoms with E-state index in [2.05, 4.69) is 48.2 Å². The first-order valence-corrected chi connectivity index (χ1v) is 6.91. The molecule has 3 N–H and O–H groups in total. The van der Waals surface area contributed by atoms with Crippen LogP contribution in [0.2, 0.25) is 0 Å². The van der Waals surface area contributed by atoms with Crippen LogP contribution >= 0.6 is 0 Å². The number of aromatic nitrogens is 2. The highest BCUT2D eigenvalue weighted by molar-refractivity contribution is 5.47. The molecule has 0 radical (unpaired) electrons. The first kappa shape index (κ1) is 14.5. The normalized spacial score (nSPS) is 12.4. The van der Waals surface area contributed by atoms with E-state index in [1.165, 1.54) is 0 Å². The molecule has 0 aliphatic rings. The minimum absolute atomic E-state index is 0.0204. The molecule has 2 aromatic rings. The molecule has 0 aliphatic carbocycles. The van der Waals surface area contributed by atoms with Crippen LogP contribution in [-0.2, 0) is 0 Å². The molecule has 0 bridgehead atoms. The Bertz CT molecular complexity index is 607. The number of nitrogens with one attached hydrogen (secondary N) is 1. The van der Waals surface area contributed by atoms with Crippen molar-refractivity contribution in [3.05, 3.63) is 52.5 Å². The first-order valence-electron chi connectivity index (χ1n) is 6.91. The first-order chi connectivity index (χ1) is 9.52. The molecule has 4 heteroatoms. The van der Waals surface area contributed by atoms with Crippen molar-refractivity contribution in [2.24, 2.45) is 0 Å². The SMILES string of the molecule is CCNC(c1cc(C)cnc1N)c1ncc(C)cc1C. The van der Waals surface area contributed by atoms with Crippen LogP contribution in [0.4, 0.5) is 5.82 Å². The molecular formula is C16H22N4. The van der Waals surface area contributed by atoms with Gasteiger partial charge in [0.1, 0.15) is 5.82 Å². The van der Waals surface area contributed by atoms with Gasteiger partial charge in [-0.15, -0.1) is 0 Å². The van der Waals surface area contributed by atoms with Crippen LogP contribution in [0.5, 0.6) is 0 Å². The van der Waals surface area contributed by atoms with E-state index in [9.17, 15) is 0 Å². The van der Waals surface area contributed by atoms with E-state index in [1.54, 1.807) is 6.20 Å². The molecule has 0 aromatic carbocycles. The number of anilines is 1. The molecular weight excluding hydrogens is 248 g/mol. The molecule has 2 rings (SSSR count). The minimum atomic E-state index is -0.0204. The maximum Gasteiger partial charge on any atom is 0.128 e. The van der Waals surface area contributed by atoms with Crippen LogP contribution < -0.4 is 11.1 Å². The molecule has 106 valence electrons. The lowest BCUT2D eigenvalue weighted by Gasteiger charge is -2.21. The molecule has 0 saturated carbocycles. The Morgan fingerprint density at radius 1 is 1.10 bits per heavy atom. The fraction of sp³-hybridized carbons (Fsp3) is 0.375. The number of nitrogens with two attached hydrogens (primary N) is 1. The van der Waals surface area contributed by atoms with Gasteiger partial charge in [0.25, 0.3) is 0 Å². The summed E-state index contributed by atoms with van der Waals surface area (Å²) < 4.78 is 0. The van der Waals surface area contributed by atoms with Crippen LogP contribution in [0.15, 0.2) is 24.5 Å². The van der Waals surface area contributed by atoms with Crippen molar-refractivity contribution in [3.63, 3.8) is 0 Å². The van der Waals surface area contributed by atoms with Gasteiger partial charge in [-0.25, -0.2) is 4.98 Å². The summed E-state index contributed by atoms with van der Waals surface area (Å²) in [4.78, 5) is 8.86. The van der Waals surface area contributed by atoms with Crippen molar-refractivity contribution < 1.29 is 0 Å². The molecule has 2 heterocycles. The second-order valence-corrected chi connectivity index (χ2v) is 5.19. The summed E-state index contributed by atoms with van der Waals surface area (Å²) in [6, 6.07) is 4.20. The van der Waals surface area contributed by atoms with Gasteiger partial charge in [-0.2, -0.15) is 0 Å². The Morgan fingerprint density at radius 3 is 2.40 bits per heavy atom. The van der Waals surface area contributed by atoms with Gasteiger partial charge in [0.05, 0.1) is 11.7 Å². The van der Waals surface area contributed by atoms with E-state index in [0.717, 1.165) is 34.5 Å². The minimum Gasteiger partial charge on any atom is -0.383 e. The zero-order valence-corrected chi connectivity index (χ0v) is 12.6. The van der Waals surface area contributed by atoms with E-state index >= 15 is 0 Å². The Balaban J connectivity index is 2.53. The lowest BCUT2D eigenvalue weighted by Crippen LogP contribution is -2.25. The highest BCUT2D eigenvalue weighted by atomic mass is 15.0. The van der Waals surface area contributed by atoms with Gasteiger partial charge in [0.15, 0.2) is 0 Å². The van der Waals surface area contributed by atoms with Crippen LogP contribution in [0.25, 0.3) is 0 Å². The fourth-order valence-electron chi connectivity index (χ4n) is 2.42. The van der Waals surface area contributed by atoms with E-state index in [0.29, 0.717) is 5.82 Å². The number of aryl methyl sites for hydroxylation is 3. The third-order valence-corrected chi connectivity index (χ3v) is 3.33. The average Bonchev–Trinajstić information content (AvgIpc) is 2.40. The second kappa shape index (κ2) is 6.01. The summed E-state index contributed by atoms with van der Waals surface area (Å²) >= 11 is 0. The van der Waals surface area contributed by atoms with E-state index < -0.39 is 0 Å². The topological polar surface area (TPSA) is 63.8 Å². The summed E-state index contributed by atoms with van der Waals surface area (Å²) in [6.07, 6.45) is 3.68. The highest BCUT2D eigenvalue weighted by Crippen LogP contribution is 2.27. The number of hydrogen-bond acceptors (Lipinski definition) is 4. The number of nitrogens with zero attached hydrogens (tertiary/aromatic N) is 2. The quantitative estimate of drug-likeness (QED) is 0.896. The van der Waals surface area contributed by atoms with Crippen molar-refractivity contribution in [2.75, 3.05) is 12.3 Å². The van der Waals surface area contributed by atoms with Gasteiger partial charge >= 0.3 is 0 Å². The maximum atomic E-state index is 6.06. The molecule has 4 nitrogen and oxygen atoms in total. The zero-order chi connectivity index (χ0) is 14.7.